The van der Waals surface area contributed by atoms with Gasteiger partial charge in [0, 0.05) is 25.2 Å². The van der Waals surface area contributed by atoms with E-state index in [-0.39, 0.29) is 16.7 Å². The third-order valence-corrected chi connectivity index (χ3v) is 3.78. The highest BCUT2D eigenvalue weighted by Crippen LogP contribution is 2.24. The standard InChI is InChI=1S/C13H17N3O2S/c1-9(15(2)13(19)14-11-6-7-11)10-4-3-5-12(8-10)16(17)18/h3-5,8-9,11H,6-7H2,1-2H3,(H,14,19)/t9-/m1/s1. The summed E-state index contributed by atoms with van der Waals surface area (Å²) in [6.07, 6.45) is 2.33. The fraction of sp³-hybridized carbons (Fsp3) is 0.462. The average Bonchev–Trinajstić information content (AvgIpc) is 3.21. The van der Waals surface area contributed by atoms with Crippen molar-refractivity contribution in [1.82, 2.24) is 10.2 Å². The van der Waals surface area contributed by atoms with Crippen molar-refractivity contribution in [3.05, 3.63) is 39.9 Å². The van der Waals surface area contributed by atoms with E-state index in [2.05, 4.69) is 5.32 Å². The van der Waals surface area contributed by atoms with E-state index in [0.717, 1.165) is 5.56 Å². The Balaban J connectivity index is 2.08. The summed E-state index contributed by atoms with van der Waals surface area (Å²) < 4.78 is 0. The SMILES string of the molecule is C[C@H](c1cccc([N+](=O)[O-])c1)N(C)C(=S)NC1CC1. The lowest BCUT2D eigenvalue weighted by Crippen LogP contribution is -2.39. The molecule has 0 bridgehead atoms. The Bertz CT molecular complexity index is 502. The van der Waals surface area contributed by atoms with Crippen LogP contribution in [0.25, 0.3) is 0 Å². The minimum absolute atomic E-state index is 0.00125. The predicted molar refractivity (Wildman–Crippen MR) is 78.0 cm³/mol. The molecule has 0 aromatic heterocycles. The summed E-state index contributed by atoms with van der Waals surface area (Å²) in [4.78, 5) is 12.3. The highest BCUT2D eigenvalue weighted by molar-refractivity contribution is 7.80. The van der Waals surface area contributed by atoms with Crippen molar-refractivity contribution >= 4 is 23.0 Å². The number of nitro groups is 1. The molecule has 2 rings (SSSR count). The van der Waals surface area contributed by atoms with Crippen LogP contribution in [0.1, 0.15) is 31.4 Å². The molecular weight excluding hydrogens is 262 g/mol. The molecule has 0 unspecified atom stereocenters. The molecule has 19 heavy (non-hydrogen) atoms. The number of hydrogen-bond donors (Lipinski definition) is 1. The van der Waals surface area contributed by atoms with Gasteiger partial charge in [-0.05, 0) is 37.5 Å². The first-order chi connectivity index (χ1) is 8.99. The lowest BCUT2D eigenvalue weighted by molar-refractivity contribution is -0.384. The third-order valence-electron chi connectivity index (χ3n) is 3.37. The monoisotopic (exact) mass is 279 g/mol. The fourth-order valence-corrected chi connectivity index (χ4v) is 2.13. The molecule has 5 nitrogen and oxygen atoms in total. The van der Waals surface area contributed by atoms with Crippen LogP contribution < -0.4 is 5.32 Å². The van der Waals surface area contributed by atoms with Crippen LogP contribution in [0.3, 0.4) is 0 Å². The number of thiocarbonyl (C=S) groups is 1. The fourth-order valence-electron chi connectivity index (χ4n) is 1.80. The van der Waals surface area contributed by atoms with E-state index < -0.39 is 0 Å². The zero-order valence-corrected chi connectivity index (χ0v) is 11.8. The normalized spacial score (nSPS) is 15.7. The van der Waals surface area contributed by atoms with Crippen molar-refractivity contribution in [1.29, 1.82) is 0 Å². The average molecular weight is 279 g/mol. The van der Waals surface area contributed by atoms with Crippen LogP contribution in [0.2, 0.25) is 0 Å². The van der Waals surface area contributed by atoms with Gasteiger partial charge in [-0.2, -0.15) is 0 Å². The van der Waals surface area contributed by atoms with E-state index in [1.165, 1.54) is 18.9 Å². The van der Waals surface area contributed by atoms with Crippen LogP contribution in [-0.2, 0) is 0 Å². The Kier molecular flexibility index (Phi) is 3.99. The molecule has 1 saturated carbocycles. The largest absolute Gasteiger partial charge is 0.360 e. The van der Waals surface area contributed by atoms with Gasteiger partial charge in [0.05, 0.1) is 11.0 Å². The smallest absolute Gasteiger partial charge is 0.269 e. The third kappa shape index (κ3) is 3.41. The number of nitrogens with zero attached hydrogens (tertiary/aromatic N) is 2. The maximum Gasteiger partial charge on any atom is 0.269 e. The molecule has 1 N–H and O–H groups in total. The molecule has 1 aliphatic rings. The van der Waals surface area contributed by atoms with Gasteiger partial charge >= 0.3 is 0 Å². The Morgan fingerprint density at radius 3 is 2.84 bits per heavy atom. The predicted octanol–water partition coefficient (Wildman–Crippen LogP) is 2.62. The summed E-state index contributed by atoms with van der Waals surface area (Å²) in [6, 6.07) is 7.19. The second-order valence-electron chi connectivity index (χ2n) is 4.86. The summed E-state index contributed by atoms with van der Waals surface area (Å²) in [7, 11) is 1.90. The molecule has 0 aliphatic heterocycles. The van der Waals surface area contributed by atoms with Crippen LogP contribution >= 0.6 is 12.2 Å². The molecule has 0 heterocycles. The number of nitro benzene ring substituents is 1. The Morgan fingerprint density at radius 2 is 2.26 bits per heavy atom. The van der Waals surface area contributed by atoms with Crippen molar-refractivity contribution in [3.8, 4) is 0 Å². The van der Waals surface area contributed by atoms with Crippen LogP contribution in [0.5, 0.6) is 0 Å². The van der Waals surface area contributed by atoms with Crippen molar-refractivity contribution < 1.29 is 4.92 Å². The van der Waals surface area contributed by atoms with E-state index >= 15 is 0 Å². The Hall–Kier alpha value is -1.69. The number of hydrogen-bond acceptors (Lipinski definition) is 3. The number of rotatable bonds is 4. The molecular formula is C13H17N3O2S. The van der Waals surface area contributed by atoms with Gasteiger partial charge in [-0.3, -0.25) is 10.1 Å². The lowest BCUT2D eigenvalue weighted by Gasteiger charge is -2.28. The van der Waals surface area contributed by atoms with Crippen molar-refractivity contribution in [2.24, 2.45) is 0 Å². The number of benzene rings is 1. The van der Waals surface area contributed by atoms with Crippen molar-refractivity contribution in [2.75, 3.05) is 7.05 Å². The summed E-state index contributed by atoms with van der Waals surface area (Å²) in [6.45, 7) is 1.99. The van der Waals surface area contributed by atoms with Gasteiger partial charge in [-0.1, -0.05) is 12.1 Å². The first-order valence-electron chi connectivity index (χ1n) is 6.26. The molecule has 1 aromatic carbocycles. The molecule has 6 heteroatoms. The maximum atomic E-state index is 10.8. The van der Waals surface area contributed by atoms with Gasteiger partial charge in [0.2, 0.25) is 0 Å². The Labute approximate surface area is 117 Å². The summed E-state index contributed by atoms with van der Waals surface area (Å²) >= 11 is 5.33. The quantitative estimate of drug-likeness (QED) is 0.521. The summed E-state index contributed by atoms with van der Waals surface area (Å²) in [5.41, 5.74) is 0.996. The van der Waals surface area contributed by atoms with Gasteiger partial charge in [-0.15, -0.1) is 0 Å². The van der Waals surface area contributed by atoms with Crippen molar-refractivity contribution in [3.63, 3.8) is 0 Å². The summed E-state index contributed by atoms with van der Waals surface area (Å²) in [5.74, 6) is 0. The van der Waals surface area contributed by atoms with E-state index in [1.54, 1.807) is 12.1 Å². The van der Waals surface area contributed by atoms with E-state index in [9.17, 15) is 10.1 Å². The van der Waals surface area contributed by atoms with Gasteiger partial charge in [0.25, 0.3) is 5.69 Å². The highest BCUT2D eigenvalue weighted by atomic mass is 32.1. The maximum absolute atomic E-state index is 10.8. The van der Waals surface area contributed by atoms with Crippen molar-refractivity contribution in [2.45, 2.75) is 31.8 Å². The van der Waals surface area contributed by atoms with E-state index in [4.69, 9.17) is 12.2 Å². The molecule has 0 radical (unpaired) electrons. The van der Waals surface area contributed by atoms with E-state index in [1.807, 2.05) is 24.9 Å². The number of nitrogens with one attached hydrogen (secondary N) is 1. The summed E-state index contributed by atoms with van der Waals surface area (Å²) in [5, 5.41) is 14.7. The van der Waals surface area contributed by atoms with Crippen LogP contribution in [0, 0.1) is 10.1 Å². The van der Waals surface area contributed by atoms with E-state index in [0.29, 0.717) is 11.2 Å². The van der Waals surface area contributed by atoms with Gasteiger partial charge in [0.15, 0.2) is 5.11 Å². The van der Waals surface area contributed by atoms with Gasteiger partial charge in [-0.25, -0.2) is 0 Å². The highest BCUT2D eigenvalue weighted by Gasteiger charge is 2.24. The molecule has 1 fully saturated rings. The minimum atomic E-state index is -0.378. The van der Waals surface area contributed by atoms with Crippen LogP contribution in [-0.4, -0.2) is 28.0 Å². The molecule has 102 valence electrons. The molecule has 1 aliphatic carbocycles. The molecule has 1 aromatic rings. The van der Waals surface area contributed by atoms with Gasteiger partial charge < -0.3 is 10.2 Å². The first kappa shape index (κ1) is 13.7. The lowest BCUT2D eigenvalue weighted by atomic mass is 10.1. The zero-order valence-electron chi connectivity index (χ0n) is 11.0. The molecule has 1 atom stereocenters. The minimum Gasteiger partial charge on any atom is -0.360 e. The Morgan fingerprint density at radius 1 is 1.58 bits per heavy atom. The van der Waals surface area contributed by atoms with Crippen LogP contribution in [0.15, 0.2) is 24.3 Å². The first-order valence-corrected chi connectivity index (χ1v) is 6.67. The second kappa shape index (κ2) is 5.52. The topological polar surface area (TPSA) is 58.4 Å². The number of non-ortho nitro benzene ring substituents is 1. The molecule has 0 saturated heterocycles. The molecule has 0 amide bonds. The second-order valence-corrected chi connectivity index (χ2v) is 5.25. The van der Waals surface area contributed by atoms with Crippen LogP contribution in [0.4, 0.5) is 5.69 Å². The zero-order chi connectivity index (χ0) is 14.0. The molecule has 0 spiro atoms. The van der Waals surface area contributed by atoms with Gasteiger partial charge in [0.1, 0.15) is 0 Å².